The summed E-state index contributed by atoms with van der Waals surface area (Å²) in [5.41, 5.74) is 0. The second-order valence-corrected chi connectivity index (χ2v) is 5.39. The molecule has 0 aromatic carbocycles. The molecule has 1 unspecified atom stereocenters. The monoisotopic (exact) mass is 266 g/mol. The molecule has 0 saturated carbocycles. The van der Waals surface area contributed by atoms with Gasteiger partial charge in [-0.15, -0.1) is 11.3 Å². The van der Waals surface area contributed by atoms with Crippen LogP contribution in [0.5, 0.6) is 0 Å². The maximum atomic E-state index is 9.27. The molecule has 2 aromatic heterocycles. The first-order valence-electron chi connectivity index (χ1n) is 6.01. The SMILES string of the molecule is CCC(CO)Nc1nc(NC)nc2sc(C)cc12. The Morgan fingerprint density at radius 3 is 2.83 bits per heavy atom. The first-order chi connectivity index (χ1) is 8.67. The minimum Gasteiger partial charge on any atom is -0.394 e. The Morgan fingerprint density at radius 2 is 2.22 bits per heavy atom. The van der Waals surface area contributed by atoms with E-state index < -0.39 is 0 Å². The molecule has 1 atom stereocenters. The highest BCUT2D eigenvalue weighted by atomic mass is 32.1. The van der Waals surface area contributed by atoms with Gasteiger partial charge in [-0.1, -0.05) is 6.92 Å². The number of nitrogens with one attached hydrogen (secondary N) is 2. The number of aryl methyl sites for hydroxylation is 1. The van der Waals surface area contributed by atoms with Crippen molar-refractivity contribution < 1.29 is 5.11 Å². The summed E-state index contributed by atoms with van der Waals surface area (Å²) in [4.78, 5) is 11.0. The zero-order valence-corrected chi connectivity index (χ0v) is 11.6. The van der Waals surface area contributed by atoms with Crippen molar-refractivity contribution in [2.45, 2.75) is 26.3 Å². The molecule has 0 bridgehead atoms. The Morgan fingerprint density at radius 1 is 1.44 bits per heavy atom. The molecule has 2 heterocycles. The van der Waals surface area contributed by atoms with E-state index in [0.717, 1.165) is 22.5 Å². The quantitative estimate of drug-likeness (QED) is 0.774. The van der Waals surface area contributed by atoms with Crippen LogP contribution in [0, 0.1) is 6.92 Å². The fraction of sp³-hybridized carbons (Fsp3) is 0.500. The number of rotatable bonds is 5. The van der Waals surface area contributed by atoms with Crippen LogP contribution in [0.25, 0.3) is 10.2 Å². The number of anilines is 2. The predicted molar refractivity (Wildman–Crippen MR) is 76.5 cm³/mol. The van der Waals surface area contributed by atoms with Crippen LogP contribution in [0.15, 0.2) is 6.07 Å². The van der Waals surface area contributed by atoms with Crippen molar-refractivity contribution in [1.29, 1.82) is 0 Å². The Balaban J connectivity index is 2.45. The van der Waals surface area contributed by atoms with Crippen molar-refractivity contribution in [2.24, 2.45) is 0 Å². The van der Waals surface area contributed by atoms with E-state index in [-0.39, 0.29) is 12.6 Å². The van der Waals surface area contributed by atoms with Gasteiger partial charge in [0.1, 0.15) is 10.6 Å². The Kier molecular flexibility index (Phi) is 3.98. The number of hydrogen-bond donors (Lipinski definition) is 3. The summed E-state index contributed by atoms with van der Waals surface area (Å²) in [6, 6.07) is 2.10. The molecule has 0 aliphatic carbocycles. The maximum absolute atomic E-state index is 9.27. The zero-order chi connectivity index (χ0) is 13.1. The maximum Gasteiger partial charge on any atom is 0.225 e. The molecule has 0 radical (unpaired) electrons. The number of hydrogen-bond acceptors (Lipinski definition) is 6. The first kappa shape index (κ1) is 13.0. The third kappa shape index (κ3) is 2.54. The number of nitrogens with zero attached hydrogens (tertiary/aromatic N) is 2. The third-order valence-electron chi connectivity index (χ3n) is 2.79. The van der Waals surface area contributed by atoms with Gasteiger partial charge in [0.2, 0.25) is 5.95 Å². The standard InChI is InChI=1S/C12H18N4OS/c1-4-8(6-17)14-10-9-5-7(2)18-11(9)16-12(13-3)15-10/h5,8,17H,4,6H2,1-3H3,(H2,13,14,15,16). The Labute approximate surface area is 110 Å². The molecule has 2 rings (SSSR count). The summed E-state index contributed by atoms with van der Waals surface area (Å²) < 4.78 is 0. The summed E-state index contributed by atoms with van der Waals surface area (Å²) in [5, 5.41) is 16.5. The van der Waals surface area contributed by atoms with Crippen LogP contribution in [-0.4, -0.2) is 34.8 Å². The van der Waals surface area contributed by atoms with Gasteiger partial charge >= 0.3 is 0 Å². The number of aromatic nitrogens is 2. The topological polar surface area (TPSA) is 70.1 Å². The molecule has 0 aliphatic rings. The lowest BCUT2D eigenvalue weighted by molar-refractivity contribution is 0.271. The van der Waals surface area contributed by atoms with Crippen molar-refractivity contribution in [3.63, 3.8) is 0 Å². The van der Waals surface area contributed by atoms with Crippen LogP contribution in [0.2, 0.25) is 0 Å². The van der Waals surface area contributed by atoms with Crippen LogP contribution in [0.4, 0.5) is 11.8 Å². The van der Waals surface area contributed by atoms with Gasteiger partial charge < -0.3 is 15.7 Å². The van der Waals surface area contributed by atoms with Crippen LogP contribution in [0.3, 0.4) is 0 Å². The fourth-order valence-corrected chi connectivity index (χ4v) is 2.61. The minimum absolute atomic E-state index is 0.0213. The van der Waals surface area contributed by atoms with Crippen molar-refractivity contribution in [1.82, 2.24) is 9.97 Å². The Hall–Kier alpha value is -1.40. The highest BCUT2D eigenvalue weighted by molar-refractivity contribution is 7.18. The van der Waals surface area contributed by atoms with Gasteiger partial charge in [-0.25, -0.2) is 4.98 Å². The van der Waals surface area contributed by atoms with Crippen molar-refractivity contribution >= 4 is 33.3 Å². The molecule has 98 valence electrons. The molecule has 0 spiro atoms. The van der Waals surface area contributed by atoms with E-state index in [1.54, 1.807) is 18.4 Å². The third-order valence-corrected chi connectivity index (χ3v) is 3.74. The Bertz CT molecular complexity index is 536. The second kappa shape index (κ2) is 5.49. The largest absolute Gasteiger partial charge is 0.394 e. The van der Waals surface area contributed by atoms with E-state index in [2.05, 4.69) is 33.6 Å². The smallest absolute Gasteiger partial charge is 0.225 e. The van der Waals surface area contributed by atoms with E-state index in [9.17, 15) is 5.11 Å². The molecular formula is C12H18N4OS. The van der Waals surface area contributed by atoms with E-state index in [4.69, 9.17) is 0 Å². The minimum atomic E-state index is 0.0213. The van der Waals surface area contributed by atoms with Gasteiger partial charge in [-0.05, 0) is 19.4 Å². The van der Waals surface area contributed by atoms with Crippen molar-refractivity contribution in [2.75, 3.05) is 24.3 Å². The zero-order valence-electron chi connectivity index (χ0n) is 10.8. The van der Waals surface area contributed by atoms with E-state index in [1.807, 2.05) is 6.92 Å². The molecule has 5 nitrogen and oxygen atoms in total. The first-order valence-corrected chi connectivity index (χ1v) is 6.83. The molecule has 18 heavy (non-hydrogen) atoms. The molecule has 3 N–H and O–H groups in total. The summed E-state index contributed by atoms with van der Waals surface area (Å²) in [6.07, 6.45) is 0.847. The average Bonchev–Trinajstić information content (AvgIpc) is 2.75. The molecular weight excluding hydrogens is 248 g/mol. The number of thiophene rings is 1. The normalized spacial score (nSPS) is 12.7. The van der Waals surface area contributed by atoms with Crippen LogP contribution < -0.4 is 10.6 Å². The van der Waals surface area contributed by atoms with Gasteiger partial charge in [0.05, 0.1) is 18.0 Å². The summed E-state index contributed by atoms with van der Waals surface area (Å²) >= 11 is 1.64. The highest BCUT2D eigenvalue weighted by Crippen LogP contribution is 2.29. The van der Waals surface area contributed by atoms with Crippen LogP contribution >= 0.6 is 11.3 Å². The second-order valence-electron chi connectivity index (χ2n) is 4.15. The van der Waals surface area contributed by atoms with Gasteiger partial charge in [0, 0.05) is 11.9 Å². The lowest BCUT2D eigenvalue weighted by Crippen LogP contribution is -2.23. The molecule has 2 aromatic rings. The van der Waals surface area contributed by atoms with Gasteiger partial charge in [-0.3, -0.25) is 0 Å². The number of aliphatic hydroxyl groups is 1. The lowest BCUT2D eigenvalue weighted by atomic mass is 10.2. The molecule has 6 heteroatoms. The van der Waals surface area contributed by atoms with Crippen molar-refractivity contribution in [3.8, 4) is 0 Å². The summed E-state index contributed by atoms with van der Waals surface area (Å²) in [5.74, 6) is 1.38. The molecule has 0 amide bonds. The predicted octanol–water partition coefficient (Wildman–Crippen LogP) is 2.22. The van der Waals surface area contributed by atoms with Gasteiger partial charge in [0.15, 0.2) is 0 Å². The number of aliphatic hydroxyl groups excluding tert-OH is 1. The van der Waals surface area contributed by atoms with Crippen molar-refractivity contribution in [3.05, 3.63) is 10.9 Å². The fourth-order valence-electron chi connectivity index (χ4n) is 1.73. The molecule has 0 fully saturated rings. The van der Waals surface area contributed by atoms with Crippen LogP contribution in [-0.2, 0) is 0 Å². The molecule has 0 aliphatic heterocycles. The lowest BCUT2D eigenvalue weighted by Gasteiger charge is -2.15. The average molecular weight is 266 g/mol. The number of fused-ring (bicyclic) bond motifs is 1. The van der Waals surface area contributed by atoms with Gasteiger partial charge in [-0.2, -0.15) is 4.98 Å². The summed E-state index contributed by atoms with van der Waals surface area (Å²) in [7, 11) is 1.80. The van der Waals surface area contributed by atoms with Gasteiger partial charge in [0.25, 0.3) is 0 Å². The summed E-state index contributed by atoms with van der Waals surface area (Å²) in [6.45, 7) is 4.18. The highest BCUT2D eigenvalue weighted by Gasteiger charge is 2.13. The van der Waals surface area contributed by atoms with E-state index in [0.29, 0.717) is 5.95 Å². The van der Waals surface area contributed by atoms with E-state index >= 15 is 0 Å². The van der Waals surface area contributed by atoms with E-state index in [1.165, 1.54) is 4.88 Å². The molecule has 0 saturated heterocycles. The van der Waals surface area contributed by atoms with Crippen LogP contribution in [0.1, 0.15) is 18.2 Å².